The zero-order valence-electron chi connectivity index (χ0n) is 31.9. The molecule has 0 saturated heterocycles. The summed E-state index contributed by atoms with van der Waals surface area (Å²) in [6.07, 6.45) is 52.5. The average Bonchev–Trinajstić information content (AvgIpc) is 3.11. The van der Waals surface area contributed by atoms with E-state index in [4.69, 9.17) is 19.3 Å². The van der Waals surface area contributed by atoms with Gasteiger partial charge in [-0.1, -0.05) is 142 Å². The van der Waals surface area contributed by atoms with Crippen LogP contribution < -0.4 is 0 Å². The van der Waals surface area contributed by atoms with Gasteiger partial charge in [-0.05, 0) is 83.5 Å². The number of esters is 2. The van der Waals surface area contributed by atoms with Crippen molar-refractivity contribution in [2.24, 2.45) is 0 Å². The fourth-order valence-electron chi connectivity index (χ4n) is 4.53. The summed E-state index contributed by atoms with van der Waals surface area (Å²) < 4.78 is 26.2. The van der Waals surface area contributed by atoms with Crippen molar-refractivity contribution in [3.05, 3.63) is 109 Å². The fraction of sp³-hybridized carbons (Fsp3) is 0.535. The number of allylic oxidation sites excluding steroid dienone is 18. The number of unbranched alkanes of at least 4 members (excludes halogenated alkanes) is 5. The third kappa shape index (κ3) is 39.5. The monoisotopic (exact) mass is 742 g/mol. The van der Waals surface area contributed by atoms with Crippen LogP contribution in [0.1, 0.15) is 129 Å². The molecule has 0 bridgehead atoms. The van der Waals surface area contributed by atoms with Crippen LogP contribution >= 0.6 is 7.82 Å². The van der Waals surface area contributed by atoms with Crippen molar-refractivity contribution < 1.29 is 37.9 Å². The number of hydrogen-bond acceptors (Lipinski definition) is 6. The zero-order chi connectivity index (χ0) is 38.2. The Kier molecular flexibility index (Phi) is 35.1. The number of hydrogen-bond donors (Lipinski definition) is 2. The molecule has 0 saturated carbocycles. The molecule has 292 valence electrons. The van der Waals surface area contributed by atoms with Crippen LogP contribution in [0.15, 0.2) is 109 Å². The van der Waals surface area contributed by atoms with Gasteiger partial charge in [0, 0.05) is 12.8 Å². The highest BCUT2D eigenvalue weighted by atomic mass is 31.2. The molecule has 0 heterocycles. The summed E-state index contributed by atoms with van der Waals surface area (Å²) in [5, 5.41) is 0. The molecular formula is C43H67O8P. The molecule has 52 heavy (non-hydrogen) atoms. The summed E-state index contributed by atoms with van der Waals surface area (Å²) in [7, 11) is -4.78. The van der Waals surface area contributed by atoms with Crippen molar-refractivity contribution in [3.63, 3.8) is 0 Å². The molecule has 0 aliphatic rings. The summed E-state index contributed by atoms with van der Waals surface area (Å²) in [5.41, 5.74) is 0. The normalized spacial score (nSPS) is 13.7. The molecule has 0 aromatic carbocycles. The highest BCUT2D eigenvalue weighted by Gasteiger charge is 2.22. The van der Waals surface area contributed by atoms with E-state index in [1.807, 2.05) is 12.2 Å². The predicted octanol–water partition coefficient (Wildman–Crippen LogP) is 11.6. The van der Waals surface area contributed by atoms with Crippen LogP contribution in [-0.4, -0.2) is 41.0 Å². The Labute approximate surface area is 315 Å². The Morgan fingerprint density at radius 1 is 0.500 bits per heavy atom. The Balaban J connectivity index is 4.15. The van der Waals surface area contributed by atoms with E-state index in [1.54, 1.807) is 0 Å². The van der Waals surface area contributed by atoms with Gasteiger partial charge < -0.3 is 19.3 Å². The minimum atomic E-state index is -4.78. The van der Waals surface area contributed by atoms with Gasteiger partial charge in [-0.15, -0.1) is 0 Å². The largest absolute Gasteiger partial charge is 0.469 e. The van der Waals surface area contributed by atoms with Crippen LogP contribution in [0.4, 0.5) is 0 Å². The van der Waals surface area contributed by atoms with E-state index in [2.05, 4.69) is 116 Å². The second-order valence-electron chi connectivity index (χ2n) is 12.1. The first-order chi connectivity index (χ1) is 25.3. The highest BCUT2D eigenvalue weighted by molar-refractivity contribution is 7.46. The molecule has 2 N–H and O–H groups in total. The van der Waals surface area contributed by atoms with E-state index in [-0.39, 0.29) is 19.4 Å². The third-order valence-corrected chi connectivity index (χ3v) is 7.79. The molecule has 0 amide bonds. The van der Waals surface area contributed by atoms with Gasteiger partial charge in [-0.3, -0.25) is 14.1 Å². The van der Waals surface area contributed by atoms with Crippen molar-refractivity contribution >= 4 is 19.8 Å². The van der Waals surface area contributed by atoms with Gasteiger partial charge in [0.2, 0.25) is 0 Å². The number of phosphoric ester groups is 1. The zero-order valence-corrected chi connectivity index (χ0v) is 32.8. The van der Waals surface area contributed by atoms with Crippen LogP contribution in [0.25, 0.3) is 0 Å². The lowest BCUT2D eigenvalue weighted by Crippen LogP contribution is -2.29. The number of rotatable bonds is 33. The molecule has 0 radical (unpaired) electrons. The molecule has 0 spiro atoms. The summed E-state index contributed by atoms with van der Waals surface area (Å²) in [6, 6.07) is 0. The van der Waals surface area contributed by atoms with Crippen LogP contribution in [0.2, 0.25) is 0 Å². The first-order valence-corrected chi connectivity index (χ1v) is 20.7. The van der Waals surface area contributed by atoms with Crippen molar-refractivity contribution in [1.29, 1.82) is 0 Å². The molecule has 0 aromatic rings. The van der Waals surface area contributed by atoms with Crippen molar-refractivity contribution in [1.82, 2.24) is 0 Å². The molecule has 1 atom stereocenters. The Bertz CT molecular complexity index is 1200. The number of ether oxygens (including phenoxy) is 2. The second kappa shape index (κ2) is 37.5. The second-order valence-corrected chi connectivity index (χ2v) is 13.4. The smallest absolute Gasteiger partial charge is 0.462 e. The predicted molar refractivity (Wildman–Crippen MR) is 216 cm³/mol. The summed E-state index contributed by atoms with van der Waals surface area (Å²) in [4.78, 5) is 42.7. The van der Waals surface area contributed by atoms with Gasteiger partial charge in [0.15, 0.2) is 6.10 Å². The lowest BCUT2D eigenvalue weighted by molar-refractivity contribution is -0.161. The molecule has 0 rings (SSSR count). The Hall–Kier alpha value is -3.29. The van der Waals surface area contributed by atoms with E-state index in [9.17, 15) is 14.2 Å². The lowest BCUT2D eigenvalue weighted by atomic mass is 10.1. The third-order valence-electron chi connectivity index (χ3n) is 7.30. The van der Waals surface area contributed by atoms with Gasteiger partial charge in [0.05, 0.1) is 6.61 Å². The number of phosphoric acid groups is 1. The average molecular weight is 743 g/mol. The van der Waals surface area contributed by atoms with Crippen LogP contribution in [0.3, 0.4) is 0 Å². The van der Waals surface area contributed by atoms with Crippen molar-refractivity contribution in [2.75, 3.05) is 13.2 Å². The Morgan fingerprint density at radius 2 is 0.904 bits per heavy atom. The summed E-state index contributed by atoms with van der Waals surface area (Å²) in [5.74, 6) is -1.02. The molecule has 0 aliphatic heterocycles. The van der Waals surface area contributed by atoms with Gasteiger partial charge in [-0.25, -0.2) is 4.57 Å². The quantitative estimate of drug-likeness (QED) is 0.0295. The molecule has 9 heteroatoms. The topological polar surface area (TPSA) is 119 Å². The summed E-state index contributed by atoms with van der Waals surface area (Å²) in [6.45, 7) is 3.35. The summed E-state index contributed by atoms with van der Waals surface area (Å²) >= 11 is 0. The maximum Gasteiger partial charge on any atom is 0.469 e. The molecule has 0 fully saturated rings. The van der Waals surface area contributed by atoms with E-state index >= 15 is 0 Å². The first-order valence-electron chi connectivity index (χ1n) is 19.2. The number of carbonyl (C=O) groups excluding carboxylic acids is 2. The van der Waals surface area contributed by atoms with Crippen LogP contribution in [-0.2, 0) is 28.2 Å². The van der Waals surface area contributed by atoms with Gasteiger partial charge in [0.25, 0.3) is 0 Å². The van der Waals surface area contributed by atoms with Gasteiger partial charge in [-0.2, -0.15) is 0 Å². The fourth-order valence-corrected chi connectivity index (χ4v) is 4.89. The maximum atomic E-state index is 12.4. The first kappa shape index (κ1) is 48.7. The van der Waals surface area contributed by atoms with E-state index in [1.165, 1.54) is 0 Å². The molecule has 0 aliphatic carbocycles. The van der Waals surface area contributed by atoms with Gasteiger partial charge in [0.1, 0.15) is 6.61 Å². The minimum absolute atomic E-state index is 0.131. The minimum Gasteiger partial charge on any atom is -0.462 e. The number of carbonyl (C=O) groups is 2. The van der Waals surface area contributed by atoms with E-state index in [0.29, 0.717) is 12.8 Å². The molecule has 0 aromatic heterocycles. The Morgan fingerprint density at radius 3 is 1.37 bits per heavy atom. The standard InChI is InChI=1S/C43H67O8P/c1-3-5-7-9-11-13-15-17-19-20-21-22-24-25-27-29-31-33-35-37-42(44)49-39-41(40-50-52(46,47)48)51-43(45)38-36-34-32-30-28-26-23-18-16-14-12-10-8-6-4-2/h5-8,11-14,17-19,21-23,25,27,31,33,41H,3-4,9-10,15-16,20,24,26,28-30,32,34-40H2,1-2H3,(H2,46,47,48)/b7-5-,8-6-,13-11-,14-12-,19-17-,22-21-,23-18-,27-25-,33-31-/t41-/m1/s1. The van der Waals surface area contributed by atoms with E-state index < -0.39 is 32.5 Å². The SMILES string of the molecule is CC/C=C\C/C=C\C/C=C\C/C=C\C/C=C\C/C=C\CCC(=O)OC[C@H](COP(=O)(O)O)OC(=O)CCCCCCC/C=C\C/C=C\C/C=C\CC. The van der Waals surface area contributed by atoms with Crippen molar-refractivity contribution in [3.8, 4) is 0 Å². The van der Waals surface area contributed by atoms with Crippen LogP contribution in [0, 0.1) is 0 Å². The molecule has 0 unspecified atom stereocenters. The molecule has 8 nitrogen and oxygen atoms in total. The van der Waals surface area contributed by atoms with E-state index in [0.717, 1.165) is 89.9 Å². The van der Waals surface area contributed by atoms with Crippen molar-refractivity contribution in [2.45, 2.75) is 136 Å². The highest BCUT2D eigenvalue weighted by Crippen LogP contribution is 2.35. The van der Waals surface area contributed by atoms with Crippen LogP contribution in [0.5, 0.6) is 0 Å². The van der Waals surface area contributed by atoms with Gasteiger partial charge >= 0.3 is 19.8 Å². The molecular weight excluding hydrogens is 675 g/mol. The maximum absolute atomic E-state index is 12.4. The lowest BCUT2D eigenvalue weighted by Gasteiger charge is -2.18.